The van der Waals surface area contributed by atoms with Crippen LogP contribution in [0.3, 0.4) is 0 Å². The summed E-state index contributed by atoms with van der Waals surface area (Å²) in [5.41, 5.74) is 0.754. The van der Waals surface area contributed by atoms with E-state index in [1.54, 1.807) is 6.92 Å². The maximum absolute atomic E-state index is 12.3. The third kappa shape index (κ3) is 3.35. The molecule has 22 heavy (non-hydrogen) atoms. The highest BCUT2D eigenvalue weighted by Gasteiger charge is 2.20. The van der Waals surface area contributed by atoms with Crippen molar-refractivity contribution in [1.82, 2.24) is 0 Å². The SMILES string of the molecule is Cc1c(Cl)ccc(S(=O)(=O)Nc2ccc(C(=O)O)cc2)c1Cl. The number of anilines is 1. The molecule has 0 amide bonds. The molecule has 2 aromatic carbocycles. The van der Waals surface area contributed by atoms with Gasteiger partial charge in [0.15, 0.2) is 0 Å². The maximum atomic E-state index is 12.3. The molecule has 0 heterocycles. The lowest BCUT2D eigenvalue weighted by molar-refractivity contribution is 0.0697. The molecule has 0 aliphatic heterocycles. The molecular formula is C14H11Cl2NO4S. The van der Waals surface area contributed by atoms with E-state index in [0.717, 1.165) is 0 Å². The summed E-state index contributed by atoms with van der Waals surface area (Å²) in [6.45, 7) is 1.62. The third-order valence-corrected chi connectivity index (χ3v) is 5.39. The third-order valence-electron chi connectivity index (χ3n) is 2.96. The van der Waals surface area contributed by atoms with E-state index in [2.05, 4.69) is 4.72 Å². The second-order valence-electron chi connectivity index (χ2n) is 4.47. The Hall–Kier alpha value is -1.76. The van der Waals surface area contributed by atoms with Gasteiger partial charge in [-0.3, -0.25) is 4.72 Å². The van der Waals surface area contributed by atoms with Crippen LogP contribution in [0, 0.1) is 6.92 Å². The molecule has 0 aromatic heterocycles. The fraction of sp³-hybridized carbons (Fsp3) is 0.0714. The number of halogens is 2. The van der Waals surface area contributed by atoms with Crippen LogP contribution < -0.4 is 4.72 Å². The Morgan fingerprint density at radius 2 is 1.68 bits per heavy atom. The second kappa shape index (κ2) is 6.16. The number of hydrogen-bond donors (Lipinski definition) is 2. The van der Waals surface area contributed by atoms with Gasteiger partial charge in [-0.1, -0.05) is 23.2 Å². The molecule has 2 N–H and O–H groups in total. The van der Waals surface area contributed by atoms with Crippen molar-refractivity contribution in [3.8, 4) is 0 Å². The summed E-state index contributed by atoms with van der Waals surface area (Å²) >= 11 is 11.9. The highest BCUT2D eigenvalue weighted by Crippen LogP contribution is 2.31. The molecule has 8 heteroatoms. The number of aromatic carboxylic acids is 1. The first-order valence-corrected chi connectivity index (χ1v) is 8.27. The summed E-state index contributed by atoms with van der Waals surface area (Å²) in [6.07, 6.45) is 0. The van der Waals surface area contributed by atoms with E-state index in [4.69, 9.17) is 28.3 Å². The lowest BCUT2D eigenvalue weighted by Crippen LogP contribution is -2.14. The van der Waals surface area contributed by atoms with Gasteiger partial charge < -0.3 is 5.11 Å². The first-order valence-electron chi connectivity index (χ1n) is 6.03. The topological polar surface area (TPSA) is 83.5 Å². The van der Waals surface area contributed by atoms with Crippen molar-refractivity contribution in [3.05, 3.63) is 57.6 Å². The van der Waals surface area contributed by atoms with Gasteiger partial charge in [0.1, 0.15) is 4.90 Å². The number of benzene rings is 2. The van der Waals surface area contributed by atoms with Crippen molar-refractivity contribution >= 4 is 44.9 Å². The van der Waals surface area contributed by atoms with E-state index in [1.807, 2.05) is 0 Å². The van der Waals surface area contributed by atoms with Crippen LogP contribution in [0.2, 0.25) is 10.0 Å². The van der Waals surface area contributed by atoms with Crippen LogP contribution in [0.15, 0.2) is 41.3 Å². The molecule has 0 saturated heterocycles. The quantitative estimate of drug-likeness (QED) is 0.869. The van der Waals surface area contributed by atoms with E-state index in [0.29, 0.717) is 10.6 Å². The minimum atomic E-state index is -3.90. The normalized spacial score (nSPS) is 11.2. The van der Waals surface area contributed by atoms with Gasteiger partial charge in [-0.25, -0.2) is 13.2 Å². The minimum absolute atomic E-state index is 0.0437. The molecule has 0 atom stereocenters. The standard InChI is InChI=1S/C14H11Cl2NO4S/c1-8-11(15)6-7-12(13(8)16)22(20,21)17-10-4-2-9(3-5-10)14(18)19/h2-7,17H,1H3,(H,18,19). The number of hydrogen-bond acceptors (Lipinski definition) is 3. The average molecular weight is 360 g/mol. The van der Waals surface area contributed by atoms with Crippen LogP contribution in [-0.2, 0) is 10.0 Å². The number of carboxylic acid groups (broad SMARTS) is 1. The largest absolute Gasteiger partial charge is 0.478 e. The molecule has 0 saturated carbocycles. The highest BCUT2D eigenvalue weighted by molar-refractivity contribution is 7.92. The van der Waals surface area contributed by atoms with Crippen LogP contribution in [0.5, 0.6) is 0 Å². The van der Waals surface area contributed by atoms with Gasteiger partial charge in [0, 0.05) is 10.7 Å². The lowest BCUT2D eigenvalue weighted by atomic mass is 10.2. The van der Waals surface area contributed by atoms with E-state index in [9.17, 15) is 13.2 Å². The lowest BCUT2D eigenvalue weighted by Gasteiger charge is -2.11. The average Bonchev–Trinajstić information content (AvgIpc) is 2.44. The zero-order valence-corrected chi connectivity index (χ0v) is 13.6. The summed E-state index contributed by atoms with van der Waals surface area (Å²) < 4.78 is 27.0. The first kappa shape index (κ1) is 16.6. The maximum Gasteiger partial charge on any atom is 0.335 e. The number of carboxylic acids is 1. The predicted molar refractivity (Wildman–Crippen MR) is 85.4 cm³/mol. The van der Waals surface area contributed by atoms with Gasteiger partial charge in [-0.15, -0.1) is 0 Å². The predicted octanol–water partition coefficient (Wildman–Crippen LogP) is 3.80. The molecular weight excluding hydrogens is 349 g/mol. The number of sulfonamides is 1. The van der Waals surface area contributed by atoms with Gasteiger partial charge in [0.25, 0.3) is 10.0 Å². The van der Waals surface area contributed by atoms with E-state index in [-0.39, 0.29) is 21.2 Å². The molecule has 0 aliphatic carbocycles. The zero-order chi connectivity index (χ0) is 16.5. The first-order chi connectivity index (χ1) is 10.2. The summed E-state index contributed by atoms with van der Waals surface area (Å²) in [5, 5.41) is 9.22. The van der Waals surface area contributed by atoms with Gasteiger partial charge >= 0.3 is 5.97 Å². The fourth-order valence-electron chi connectivity index (χ4n) is 1.74. The van der Waals surface area contributed by atoms with E-state index in [1.165, 1.54) is 36.4 Å². The Bertz CT molecular complexity index is 833. The van der Waals surface area contributed by atoms with Crippen molar-refractivity contribution in [2.45, 2.75) is 11.8 Å². The Labute approximate surface area is 137 Å². The fourth-order valence-corrected chi connectivity index (χ4v) is 3.60. The Balaban J connectivity index is 2.36. The Kier molecular flexibility index (Phi) is 4.65. The van der Waals surface area contributed by atoms with Gasteiger partial charge in [0.2, 0.25) is 0 Å². The molecule has 0 unspecified atom stereocenters. The van der Waals surface area contributed by atoms with Gasteiger partial charge in [-0.2, -0.15) is 0 Å². The molecule has 0 bridgehead atoms. The van der Waals surface area contributed by atoms with Gasteiger partial charge in [0.05, 0.1) is 10.6 Å². The Morgan fingerprint density at radius 3 is 2.23 bits per heavy atom. The zero-order valence-electron chi connectivity index (χ0n) is 11.3. The van der Waals surface area contributed by atoms with Crippen LogP contribution in [-0.4, -0.2) is 19.5 Å². The summed E-state index contributed by atoms with van der Waals surface area (Å²) in [7, 11) is -3.90. The molecule has 0 radical (unpaired) electrons. The smallest absolute Gasteiger partial charge is 0.335 e. The van der Waals surface area contributed by atoms with Crippen molar-refractivity contribution < 1.29 is 18.3 Å². The summed E-state index contributed by atoms with van der Waals surface area (Å²) in [5.74, 6) is -1.09. The molecule has 0 fully saturated rings. The molecule has 5 nitrogen and oxygen atoms in total. The van der Waals surface area contributed by atoms with Crippen molar-refractivity contribution in [2.75, 3.05) is 4.72 Å². The Morgan fingerprint density at radius 1 is 1.09 bits per heavy atom. The van der Waals surface area contributed by atoms with Gasteiger partial charge in [-0.05, 0) is 48.9 Å². The molecule has 0 spiro atoms. The van der Waals surface area contributed by atoms with Crippen LogP contribution >= 0.6 is 23.2 Å². The summed E-state index contributed by atoms with van der Waals surface area (Å²) in [4.78, 5) is 10.7. The highest BCUT2D eigenvalue weighted by atomic mass is 35.5. The van der Waals surface area contributed by atoms with Crippen molar-refractivity contribution in [1.29, 1.82) is 0 Å². The van der Waals surface area contributed by atoms with Crippen molar-refractivity contribution in [2.24, 2.45) is 0 Å². The minimum Gasteiger partial charge on any atom is -0.478 e. The number of nitrogens with one attached hydrogen (secondary N) is 1. The summed E-state index contributed by atoms with van der Waals surface area (Å²) in [6, 6.07) is 8.08. The molecule has 2 aromatic rings. The molecule has 0 aliphatic rings. The van der Waals surface area contributed by atoms with Crippen LogP contribution in [0.25, 0.3) is 0 Å². The second-order valence-corrected chi connectivity index (χ2v) is 6.91. The van der Waals surface area contributed by atoms with E-state index < -0.39 is 16.0 Å². The van der Waals surface area contributed by atoms with E-state index >= 15 is 0 Å². The van der Waals surface area contributed by atoms with Crippen LogP contribution in [0.1, 0.15) is 15.9 Å². The molecule has 2 rings (SSSR count). The number of rotatable bonds is 4. The van der Waals surface area contributed by atoms with Crippen molar-refractivity contribution in [3.63, 3.8) is 0 Å². The van der Waals surface area contributed by atoms with Crippen LogP contribution in [0.4, 0.5) is 5.69 Å². The monoisotopic (exact) mass is 359 g/mol. The molecule has 116 valence electrons. The number of carbonyl (C=O) groups is 1.